The van der Waals surface area contributed by atoms with Gasteiger partial charge >= 0.3 is 6.09 Å². The number of amides is 4. The van der Waals surface area contributed by atoms with Crippen LogP contribution in [-0.2, 0) is 29.1 Å². The molecule has 0 bridgehead atoms. The second-order valence-electron chi connectivity index (χ2n) is 14.4. The number of nitrogens with one attached hydrogen (secondary N) is 3. The maximum atomic E-state index is 14.0. The van der Waals surface area contributed by atoms with Gasteiger partial charge in [-0.2, -0.15) is 0 Å². The SMILES string of the molecule is C[C@@H]1CCCC[C@H]2C[C@@]2(C(=O)NS(=O)(=O)C2(C)CC2)NC(=O)[C@@H]2C[C@@H](O)CN2C(=O)[C@@H](NC(=O)OC(C)(C)C)[C@H](C)C1. The number of hydrogen-bond donors (Lipinski definition) is 4. The van der Waals surface area contributed by atoms with Crippen LogP contribution in [0.15, 0.2) is 0 Å². The summed E-state index contributed by atoms with van der Waals surface area (Å²) in [5.41, 5.74) is -2.18. The van der Waals surface area contributed by atoms with Crippen LogP contribution in [0.25, 0.3) is 0 Å². The third-order valence-electron chi connectivity index (χ3n) is 9.33. The zero-order chi connectivity index (χ0) is 31.3. The van der Waals surface area contributed by atoms with Crippen molar-refractivity contribution in [3.8, 4) is 0 Å². The van der Waals surface area contributed by atoms with Gasteiger partial charge in [0.05, 0.1) is 10.9 Å². The van der Waals surface area contributed by atoms with Crippen molar-refractivity contribution in [1.82, 2.24) is 20.3 Å². The Morgan fingerprint density at radius 1 is 1.10 bits per heavy atom. The van der Waals surface area contributed by atoms with Gasteiger partial charge in [0.2, 0.25) is 21.8 Å². The maximum absolute atomic E-state index is 14.0. The highest BCUT2D eigenvalue weighted by Gasteiger charge is 2.63. The molecule has 4 N–H and O–H groups in total. The smallest absolute Gasteiger partial charge is 0.408 e. The standard InChI is InChI=1S/C29H48N4O8S/c1-17-9-7-8-10-19-15-29(19,25(37)32-42(39,40)28(6)11-12-28)31-23(35)21-14-20(34)16-33(21)24(36)22(18(2)13-17)30-26(38)41-27(3,4)5/h17-22,34H,7-16H2,1-6H3,(H,30,38)(H,31,35)(H,32,37)/t17-,18-,19+,20-,21+,22+,29-/m1/s1. The molecule has 0 aromatic carbocycles. The van der Waals surface area contributed by atoms with Crippen LogP contribution < -0.4 is 15.4 Å². The number of nitrogens with zero attached hydrogens (tertiary/aromatic N) is 1. The first kappa shape index (κ1) is 32.5. The summed E-state index contributed by atoms with van der Waals surface area (Å²) in [6.45, 7) is 10.6. The van der Waals surface area contributed by atoms with Crippen molar-refractivity contribution in [2.24, 2.45) is 17.8 Å². The second kappa shape index (κ2) is 11.6. The van der Waals surface area contributed by atoms with Crippen molar-refractivity contribution >= 4 is 33.8 Å². The molecule has 42 heavy (non-hydrogen) atoms. The number of rotatable bonds is 4. The first-order valence-electron chi connectivity index (χ1n) is 15.2. The lowest BCUT2D eigenvalue weighted by Crippen LogP contribution is -2.59. The van der Waals surface area contributed by atoms with Gasteiger partial charge in [0.15, 0.2) is 0 Å². The van der Waals surface area contributed by atoms with Crippen molar-refractivity contribution < 1.29 is 37.4 Å². The predicted molar refractivity (Wildman–Crippen MR) is 154 cm³/mol. The number of aliphatic hydroxyl groups excluding tert-OH is 1. The van der Waals surface area contributed by atoms with E-state index in [9.17, 15) is 32.7 Å². The number of ether oxygens (including phenoxy) is 1. The molecule has 2 aliphatic heterocycles. The Balaban J connectivity index is 1.61. The van der Waals surface area contributed by atoms with Gasteiger partial charge in [0.25, 0.3) is 5.91 Å². The molecule has 4 fully saturated rings. The Bertz CT molecular complexity index is 1200. The Hall–Kier alpha value is -2.41. The summed E-state index contributed by atoms with van der Waals surface area (Å²) in [4.78, 5) is 55.3. The third kappa shape index (κ3) is 7.03. The van der Waals surface area contributed by atoms with Gasteiger partial charge in [-0.1, -0.05) is 33.1 Å². The molecule has 2 aliphatic carbocycles. The number of aliphatic hydroxyl groups is 1. The number of alkyl carbamates (subject to hydrolysis) is 1. The summed E-state index contributed by atoms with van der Waals surface area (Å²) in [5.74, 6) is -2.17. The number of carbonyl (C=O) groups excluding carboxylic acids is 4. The van der Waals surface area contributed by atoms with E-state index in [1.165, 1.54) is 4.90 Å². The van der Waals surface area contributed by atoms with Gasteiger partial charge < -0.3 is 25.4 Å². The molecule has 0 aromatic rings. The highest BCUT2D eigenvalue weighted by Crippen LogP contribution is 2.49. The van der Waals surface area contributed by atoms with Gasteiger partial charge in [-0.15, -0.1) is 0 Å². The van der Waals surface area contributed by atoms with Gasteiger partial charge in [-0.25, -0.2) is 13.2 Å². The molecule has 238 valence electrons. The van der Waals surface area contributed by atoms with Gasteiger partial charge in [-0.05, 0) is 77.6 Å². The lowest BCUT2D eigenvalue weighted by Gasteiger charge is -2.33. The minimum atomic E-state index is -3.92. The van der Waals surface area contributed by atoms with E-state index in [1.54, 1.807) is 27.7 Å². The molecule has 4 rings (SSSR count). The van der Waals surface area contributed by atoms with Gasteiger partial charge in [-0.3, -0.25) is 19.1 Å². The average molecular weight is 613 g/mol. The molecule has 0 aromatic heterocycles. The average Bonchev–Trinajstić information content (AvgIpc) is 3.74. The van der Waals surface area contributed by atoms with E-state index < -0.39 is 67.9 Å². The normalized spacial score (nSPS) is 35.5. The van der Waals surface area contributed by atoms with Crippen molar-refractivity contribution in [2.75, 3.05) is 6.54 Å². The largest absolute Gasteiger partial charge is 0.444 e. The summed E-state index contributed by atoms with van der Waals surface area (Å²) in [6.07, 6.45) is 3.28. The summed E-state index contributed by atoms with van der Waals surface area (Å²) in [6, 6.07) is -2.09. The van der Waals surface area contributed by atoms with Crippen LogP contribution in [0.5, 0.6) is 0 Å². The van der Waals surface area contributed by atoms with Crippen LogP contribution in [0.3, 0.4) is 0 Å². The zero-order valence-corrected chi connectivity index (χ0v) is 26.5. The maximum Gasteiger partial charge on any atom is 0.408 e. The molecule has 2 heterocycles. The van der Waals surface area contributed by atoms with Gasteiger partial charge in [0, 0.05) is 13.0 Å². The van der Waals surface area contributed by atoms with Gasteiger partial charge in [0.1, 0.15) is 23.2 Å². The monoisotopic (exact) mass is 612 g/mol. The Morgan fingerprint density at radius 3 is 2.36 bits per heavy atom. The Morgan fingerprint density at radius 2 is 1.74 bits per heavy atom. The fourth-order valence-corrected chi connectivity index (χ4v) is 7.70. The van der Waals surface area contributed by atoms with Crippen molar-refractivity contribution in [1.29, 1.82) is 0 Å². The lowest BCUT2D eigenvalue weighted by molar-refractivity contribution is -0.142. The zero-order valence-electron chi connectivity index (χ0n) is 25.7. The molecule has 2 saturated carbocycles. The number of carbonyl (C=O) groups is 4. The molecule has 7 atom stereocenters. The van der Waals surface area contributed by atoms with E-state index in [0.717, 1.165) is 19.3 Å². The summed E-state index contributed by atoms with van der Waals surface area (Å²) in [5, 5.41) is 16.1. The van der Waals surface area contributed by atoms with E-state index in [2.05, 4.69) is 22.3 Å². The van der Waals surface area contributed by atoms with Crippen LogP contribution in [0.2, 0.25) is 0 Å². The quantitative estimate of drug-likeness (QED) is 0.373. The molecule has 13 heteroatoms. The molecule has 0 spiro atoms. The third-order valence-corrected chi connectivity index (χ3v) is 11.5. The van der Waals surface area contributed by atoms with E-state index in [4.69, 9.17) is 4.74 Å². The molecular weight excluding hydrogens is 564 g/mol. The van der Waals surface area contributed by atoms with E-state index in [-0.39, 0.29) is 30.7 Å². The highest BCUT2D eigenvalue weighted by atomic mass is 32.2. The molecule has 4 aliphatic rings. The fraction of sp³-hybridized carbons (Fsp3) is 0.862. The van der Waals surface area contributed by atoms with E-state index in [1.807, 2.05) is 6.92 Å². The van der Waals surface area contributed by atoms with Crippen molar-refractivity contribution in [3.05, 3.63) is 0 Å². The molecule has 4 amide bonds. The van der Waals surface area contributed by atoms with Crippen LogP contribution in [0, 0.1) is 17.8 Å². The van der Waals surface area contributed by atoms with Crippen molar-refractivity contribution in [2.45, 2.75) is 133 Å². The molecule has 0 radical (unpaired) electrons. The first-order chi connectivity index (χ1) is 19.4. The van der Waals surface area contributed by atoms with Crippen molar-refractivity contribution in [3.63, 3.8) is 0 Å². The van der Waals surface area contributed by atoms with Crippen LogP contribution in [-0.4, -0.2) is 82.9 Å². The minimum Gasteiger partial charge on any atom is -0.444 e. The fourth-order valence-electron chi connectivity index (χ4n) is 6.39. The number of fused-ring (bicyclic) bond motifs is 2. The Kier molecular flexibility index (Phi) is 8.97. The van der Waals surface area contributed by atoms with Crippen LogP contribution in [0.1, 0.15) is 99.3 Å². The van der Waals surface area contributed by atoms with E-state index in [0.29, 0.717) is 32.1 Å². The Labute approximate surface area is 249 Å². The summed E-state index contributed by atoms with van der Waals surface area (Å²) in [7, 11) is -3.92. The first-order valence-corrected chi connectivity index (χ1v) is 16.7. The minimum absolute atomic E-state index is 0.0414. The second-order valence-corrected chi connectivity index (χ2v) is 16.6. The molecule has 2 saturated heterocycles. The summed E-state index contributed by atoms with van der Waals surface area (Å²) >= 11 is 0. The molecule has 12 nitrogen and oxygen atoms in total. The van der Waals surface area contributed by atoms with Crippen LogP contribution in [0.4, 0.5) is 4.79 Å². The molecule has 0 unspecified atom stereocenters. The predicted octanol–water partition coefficient (Wildman–Crippen LogP) is 1.95. The van der Waals surface area contributed by atoms with Crippen LogP contribution >= 0.6 is 0 Å². The topological polar surface area (TPSA) is 171 Å². The number of sulfonamides is 1. The molecular formula is C29H48N4O8S. The summed E-state index contributed by atoms with van der Waals surface area (Å²) < 4.78 is 32.4. The number of hydrogen-bond acceptors (Lipinski definition) is 8. The van der Waals surface area contributed by atoms with E-state index >= 15 is 0 Å². The lowest BCUT2D eigenvalue weighted by atomic mass is 9.87. The highest BCUT2D eigenvalue weighted by molar-refractivity contribution is 7.91.